The van der Waals surface area contributed by atoms with Crippen LogP contribution in [0.25, 0.3) is 91.5 Å². The van der Waals surface area contributed by atoms with Crippen molar-refractivity contribution in [3.8, 4) is 27.9 Å². The molecule has 46 heavy (non-hydrogen) atoms. The van der Waals surface area contributed by atoms with E-state index in [2.05, 4.69) is 102 Å². The van der Waals surface area contributed by atoms with Crippen molar-refractivity contribution in [3.05, 3.63) is 164 Å². The number of para-hydroxylation sites is 1. The zero-order valence-corrected chi connectivity index (χ0v) is 25.4. The molecule has 2 heteroatoms. The minimum Gasteiger partial charge on any atom is -0.308 e. The number of hydrogen-bond acceptors (Lipinski definition) is 1. The van der Waals surface area contributed by atoms with Gasteiger partial charge in [-0.1, -0.05) is 133 Å². The number of benzene rings is 8. The Hall–Kier alpha value is -5.70. The van der Waals surface area contributed by atoms with Crippen LogP contribution >= 0.6 is 11.3 Å². The van der Waals surface area contributed by atoms with E-state index in [4.69, 9.17) is 6.85 Å². The summed E-state index contributed by atoms with van der Waals surface area (Å²) in [4.78, 5) is 0. The van der Waals surface area contributed by atoms with Crippen LogP contribution in [0.4, 0.5) is 0 Å². The molecule has 0 bridgehead atoms. The highest BCUT2D eigenvalue weighted by Gasteiger charge is 2.20. The minimum absolute atomic E-state index is 0.202. The minimum atomic E-state index is -0.394. The lowest BCUT2D eigenvalue weighted by Gasteiger charge is -2.18. The maximum atomic E-state index is 8.90. The highest BCUT2D eigenvalue weighted by Crippen LogP contribution is 2.47. The summed E-state index contributed by atoms with van der Waals surface area (Å²) in [7, 11) is 0. The Morgan fingerprint density at radius 1 is 0.457 bits per heavy atom. The predicted molar refractivity (Wildman–Crippen MR) is 200 cm³/mol. The van der Waals surface area contributed by atoms with Crippen LogP contribution in [0.3, 0.4) is 0 Å². The van der Waals surface area contributed by atoms with Gasteiger partial charge in [-0.15, -0.1) is 11.3 Å². The van der Waals surface area contributed by atoms with Gasteiger partial charge in [0.25, 0.3) is 0 Å². The summed E-state index contributed by atoms with van der Waals surface area (Å²) in [5.74, 6) is 0. The van der Waals surface area contributed by atoms with E-state index in [1.807, 2.05) is 47.7 Å². The highest BCUT2D eigenvalue weighted by molar-refractivity contribution is 7.26. The number of aromatic nitrogens is 1. The van der Waals surface area contributed by atoms with Gasteiger partial charge in [-0.05, 0) is 74.1 Å². The molecule has 0 amide bonds. The largest absolute Gasteiger partial charge is 0.308 e. The van der Waals surface area contributed by atoms with Gasteiger partial charge in [-0.3, -0.25) is 0 Å². The molecule has 0 atom stereocenters. The molecule has 8 aromatic carbocycles. The molecule has 0 fully saturated rings. The van der Waals surface area contributed by atoms with Crippen LogP contribution in [0.15, 0.2) is 164 Å². The second-order valence-corrected chi connectivity index (χ2v) is 12.7. The first kappa shape index (κ1) is 21.1. The number of rotatable bonds is 3. The fourth-order valence-corrected chi connectivity index (χ4v) is 8.61. The second-order valence-electron chi connectivity index (χ2n) is 11.7. The first-order valence-corrected chi connectivity index (χ1v) is 16.2. The fourth-order valence-electron chi connectivity index (χ4n) is 7.37. The van der Waals surface area contributed by atoms with Crippen LogP contribution in [0.2, 0.25) is 0 Å². The van der Waals surface area contributed by atoms with Gasteiger partial charge < -0.3 is 4.57 Å². The third-order valence-corrected chi connectivity index (χ3v) is 10.4. The summed E-state index contributed by atoms with van der Waals surface area (Å²) in [6.45, 7) is 0. The first-order valence-electron chi connectivity index (χ1n) is 17.9. The summed E-state index contributed by atoms with van der Waals surface area (Å²) in [5.41, 5.74) is 6.38. The van der Waals surface area contributed by atoms with Gasteiger partial charge in [-0.25, -0.2) is 0 Å². The van der Waals surface area contributed by atoms with E-state index in [1.54, 1.807) is 0 Å². The number of fused-ring (bicyclic) bond motifs is 9. The predicted octanol–water partition coefficient (Wildman–Crippen LogP) is 12.8. The summed E-state index contributed by atoms with van der Waals surface area (Å²) in [6.07, 6.45) is 0. The molecule has 1 nitrogen and oxygen atoms in total. The second kappa shape index (κ2) is 9.90. The number of nitrogens with zero attached hydrogens (tertiary/aromatic N) is 1. The van der Waals surface area contributed by atoms with Gasteiger partial charge in [-0.2, -0.15) is 0 Å². The number of hydrogen-bond donors (Lipinski definition) is 0. The SMILES string of the molecule is [2H]c1c([2H])c([2H])c(-c2c3ccccc3c(-c3ccc4c(c3)c3ccc5c6ccccc6sc5c3n4-c3ccccc3)c3ccccc23)c([2H])c1[2H]. The third-order valence-electron chi connectivity index (χ3n) is 9.26. The molecular formula is C44H27NS. The van der Waals surface area contributed by atoms with Gasteiger partial charge in [0, 0.05) is 31.9 Å². The molecule has 0 saturated carbocycles. The molecule has 0 radical (unpaired) electrons. The van der Waals surface area contributed by atoms with Crippen LogP contribution in [0.5, 0.6) is 0 Å². The van der Waals surface area contributed by atoms with E-state index in [1.165, 1.54) is 31.1 Å². The third kappa shape index (κ3) is 3.62. The van der Waals surface area contributed by atoms with E-state index in [0.29, 0.717) is 5.56 Å². The molecule has 0 aliphatic rings. The van der Waals surface area contributed by atoms with Crippen molar-refractivity contribution in [2.45, 2.75) is 0 Å². The summed E-state index contributed by atoms with van der Waals surface area (Å²) < 4.78 is 47.9. The molecule has 0 aliphatic heterocycles. The van der Waals surface area contributed by atoms with Gasteiger partial charge in [0.15, 0.2) is 0 Å². The Labute approximate surface area is 277 Å². The average molecular weight is 607 g/mol. The normalized spacial score (nSPS) is 13.4. The van der Waals surface area contributed by atoms with Crippen LogP contribution in [-0.2, 0) is 0 Å². The molecule has 2 heterocycles. The molecular weight excluding hydrogens is 575 g/mol. The summed E-state index contributed by atoms with van der Waals surface area (Å²) in [5, 5.41) is 8.43. The van der Waals surface area contributed by atoms with E-state index < -0.39 is 6.04 Å². The summed E-state index contributed by atoms with van der Waals surface area (Å²) >= 11 is 1.83. The van der Waals surface area contributed by atoms with Crippen LogP contribution in [0.1, 0.15) is 6.85 Å². The molecule has 2 aromatic heterocycles. The van der Waals surface area contributed by atoms with Crippen LogP contribution in [-0.4, -0.2) is 4.57 Å². The van der Waals surface area contributed by atoms with Gasteiger partial charge >= 0.3 is 0 Å². The maximum Gasteiger partial charge on any atom is 0.0719 e. The van der Waals surface area contributed by atoms with Crippen LogP contribution < -0.4 is 0 Å². The smallest absolute Gasteiger partial charge is 0.0719 e. The monoisotopic (exact) mass is 606 g/mol. The lowest BCUT2D eigenvalue weighted by molar-refractivity contribution is 1.19. The van der Waals surface area contributed by atoms with E-state index >= 15 is 0 Å². The lowest BCUT2D eigenvalue weighted by atomic mass is 9.86. The standard InChI is InChI=1S/C44H27NS/c1-3-13-28(14-4-1)41-32-18-7-9-20-34(32)42(35-21-10-8-19-33(35)41)29-23-26-39-38(27-29)36-24-25-37-31-17-11-12-22-40(31)46-44(37)43(36)45(39)30-15-5-2-6-16-30/h1-27H/i1D,3D,4D,13D,14D. The van der Waals surface area contributed by atoms with Crippen molar-refractivity contribution < 1.29 is 6.85 Å². The van der Waals surface area contributed by atoms with Gasteiger partial charge in [0.1, 0.15) is 0 Å². The highest BCUT2D eigenvalue weighted by atomic mass is 32.1. The van der Waals surface area contributed by atoms with Crippen molar-refractivity contribution in [3.63, 3.8) is 0 Å². The van der Waals surface area contributed by atoms with Gasteiger partial charge in [0.05, 0.1) is 22.6 Å². The number of thiophene rings is 1. The molecule has 0 spiro atoms. The Kier molecular flexibility index (Phi) is 4.54. The summed E-state index contributed by atoms with van der Waals surface area (Å²) in [6, 6.07) is 45.0. The van der Waals surface area contributed by atoms with Crippen LogP contribution in [0, 0.1) is 0 Å². The quantitative estimate of drug-likeness (QED) is 0.176. The van der Waals surface area contributed by atoms with Crippen molar-refractivity contribution in [1.82, 2.24) is 4.57 Å². The Balaban J connectivity index is 1.33. The molecule has 0 aliphatic carbocycles. The maximum absolute atomic E-state index is 8.90. The molecule has 214 valence electrons. The van der Waals surface area contributed by atoms with E-state index in [9.17, 15) is 0 Å². The first-order chi connectivity index (χ1) is 24.9. The molecule has 0 saturated heterocycles. The zero-order valence-electron chi connectivity index (χ0n) is 29.6. The molecule has 0 N–H and O–H groups in total. The lowest BCUT2D eigenvalue weighted by Crippen LogP contribution is -1.93. The van der Waals surface area contributed by atoms with Gasteiger partial charge in [0.2, 0.25) is 0 Å². The topological polar surface area (TPSA) is 4.93 Å². The Morgan fingerprint density at radius 3 is 1.74 bits per heavy atom. The Morgan fingerprint density at radius 2 is 1.04 bits per heavy atom. The molecule has 10 aromatic rings. The van der Waals surface area contributed by atoms with Crippen molar-refractivity contribution in [1.29, 1.82) is 0 Å². The van der Waals surface area contributed by atoms with E-state index in [0.717, 1.165) is 49.3 Å². The van der Waals surface area contributed by atoms with Crippen molar-refractivity contribution in [2.24, 2.45) is 0 Å². The average Bonchev–Trinajstić information content (AvgIpc) is 3.72. The van der Waals surface area contributed by atoms with Crippen molar-refractivity contribution in [2.75, 3.05) is 0 Å². The fraction of sp³-hybridized carbons (Fsp3) is 0. The zero-order chi connectivity index (χ0) is 34.5. The van der Waals surface area contributed by atoms with E-state index in [-0.39, 0.29) is 29.7 Å². The molecule has 0 unspecified atom stereocenters. The Bertz CT molecular complexity index is 3000. The van der Waals surface area contributed by atoms with Crippen molar-refractivity contribution >= 4 is 74.9 Å². The molecule has 10 rings (SSSR count).